The Morgan fingerprint density at radius 3 is 1.96 bits per heavy atom. The van der Waals surface area contributed by atoms with Crippen LogP contribution in [0.4, 0.5) is 0 Å². The molecule has 1 aromatic carbocycles. The van der Waals surface area contributed by atoms with Crippen LogP contribution in [0.3, 0.4) is 0 Å². The lowest BCUT2D eigenvalue weighted by Crippen LogP contribution is -2.47. The molecule has 0 saturated heterocycles. The largest absolute Gasteiger partial charge is 0.565 e. The molecule has 0 radical (unpaired) electrons. The molecule has 3 nitrogen and oxygen atoms in total. The lowest BCUT2D eigenvalue weighted by Gasteiger charge is -2.32. The van der Waals surface area contributed by atoms with Crippen LogP contribution in [-0.2, 0) is 19.7 Å². The van der Waals surface area contributed by atoms with Crippen LogP contribution in [0.5, 0.6) is 5.75 Å². The number of thiol groups is 1. The molecule has 0 aliphatic heterocycles. The van der Waals surface area contributed by atoms with Crippen LogP contribution in [0.2, 0.25) is 6.04 Å². The van der Waals surface area contributed by atoms with E-state index in [1.54, 1.807) is 14.2 Å². The highest BCUT2D eigenvalue weighted by Crippen LogP contribution is 2.37. The first kappa shape index (κ1) is 21.5. The predicted molar refractivity (Wildman–Crippen MR) is 108 cm³/mol. The Morgan fingerprint density at radius 2 is 1.54 bits per heavy atom. The van der Waals surface area contributed by atoms with Gasteiger partial charge in [0.05, 0.1) is 0 Å². The molecule has 0 fully saturated rings. The highest BCUT2D eigenvalue weighted by atomic mass is 32.1. The summed E-state index contributed by atoms with van der Waals surface area (Å²) < 4.78 is 17.8. The summed E-state index contributed by atoms with van der Waals surface area (Å²) in [5, 5.41) is 0. The average molecular weight is 371 g/mol. The lowest BCUT2D eigenvalue weighted by atomic mass is 9.80. The number of rotatable bonds is 7. The molecule has 138 valence electrons. The van der Waals surface area contributed by atoms with Gasteiger partial charge in [-0.2, -0.15) is 12.6 Å². The minimum Gasteiger partial charge on any atom is -0.500 e. The van der Waals surface area contributed by atoms with Crippen molar-refractivity contribution in [3.8, 4) is 5.75 Å². The van der Waals surface area contributed by atoms with Gasteiger partial charge in [-0.1, -0.05) is 53.7 Å². The van der Waals surface area contributed by atoms with E-state index in [0.717, 1.165) is 24.0 Å². The van der Waals surface area contributed by atoms with Crippen molar-refractivity contribution in [1.82, 2.24) is 0 Å². The van der Waals surface area contributed by atoms with Crippen molar-refractivity contribution in [2.75, 3.05) is 20.0 Å². The van der Waals surface area contributed by atoms with Crippen molar-refractivity contribution in [3.63, 3.8) is 0 Å². The molecule has 0 unspecified atom stereocenters. The second-order valence-electron chi connectivity index (χ2n) is 8.23. The lowest BCUT2D eigenvalue weighted by molar-refractivity contribution is 0.159. The minimum atomic E-state index is -2.73. The van der Waals surface area contributed by atoms with Crippen molar-refractivity contribution >= 4 is 21.4 Å². The summed E-state index contributed by atoms with van der Waals surface area (Å²) in [6.07, 6.45) is 0.905. The molecule has 0 amide bonds. The molecule has 0 bridgehead atoms. The van der Waals surface area contributed by atoms with Crippen LogP contribution >= 0.6 is 12.6 Å². The third-order valence-electron chi connectivity index (χ3n) is 4.18. The van der Waals surface area contributed by atoms with Gasteiger partial charge in [-0.3, -0.25) is 0 Å². The standard InChI is InChI=1S/C19H34O3SSi/c1-18(2,3)15-10-11-17(16(14-15)19(4,5)6)22-24(20-7,21-8)13-9-12-23/h10-11,14,23H,9,12-13H2,1-8H3. The van der Waals surface area contributed by atoms with E-state index in [1.165, 1.54) is 11.1 Å². The van der Waals surface area contributed by atoms with E-state index in [-0.39, 0.29) is 10.8 Å². The molecule has 0 heterocycles. The van der Waals surface area contributed by atoms with Gasteiger partial charge in [0.1, 0.15) is 5.75 Å². The van der Waals surface area contributed by atoms with Crippen LogP contribution in [-0.4, -0.2) is 28.8 Å². The highest BCUT2D eigenvalue weighted by Gasteiger charge is 2.42. The van der Waals surface area contributed by atoms with E-state index >= 15 is 0 Å². The first-order valence-corrected chi connectivity index (χ1v) is 11.1. The predicted octanol–water partition coefficient (Wildman–Crippen LogP) is 5.21. The third kappa shape index (κ3) is 5.51. The van der Waals surface area contributed by atoms with Crippen molar-refractivity contribution in [1.29, 1.82) is 0 Å². The van der Waals surface area contributed by atoms with Crippen LogP contribution in [0.1, 0.15) is 59.1 Å². The van der Waals surface area contributed by atoms with E-state index < -0.39 is 8.80 Å². The fraction of sp³-hybridized carbons (Fsp3) is 0.684. The Balaban J connectivity index is 3.31. The second kappa shape index (κ2) is 8.26. The van der Waals surface area contributed by atoms with Crippen molar-refractivity contribution in [2.45, 2.75) is 64.8 Å². The van der Waals surface area contributed by atoms with E-state index in [2.05, 4.69) is 72.4 Å². The molecular formula is C19H34O3SSi. The molecule has 1 aromatic rings. The maximum absolute atomic E-state index is 6.39. The van der Waals surface area contributed by atoms with Gasteiger partial charge in [0.15, 0.2) is 0 Å². The second-order valence-corrected chi connectivity index (χ2v) is 11.6. The monoisotopic (exact) mass is 370 g/mol. The third-order valence-corrected chi connectivity index (χ3v) is 7.24. The smallest absolute Gasteiger partial charge is 0.500 e. The van der Waals surface area contributed by atoms with Gasteiger partial charge in [-0.25, -0.2) is 0 Å². The quantitative estimate of drug-likeness (QED) is 0.527. The normalized spacial score (nSPS) is 13.2. The maximum Gasteiger partial charge on any atom is 0.565 e. The van der Waals surface area contributed by atoms with Gasteiger partial charge >= 0.3 is 8.80 Å². The first-order chi connectivity index (χ1) is 11.0. The Labute approximate surface area is 154 Å². The summed E-state index contributed by atoms with van der Waals surface area (Å²) in [5.41, 5.74) is 2.56. The fourth-order valence-corrected chi connectivity index (χ4v) is 4.98. The maximum atomic E-state index is 6.39. The summed E-state index contributed by atoms with van der Waals surface area (Å²) >= 11 is 4.30. The number of hydrogen-bond acceptors (Lipinski definition) is 4. The molecule has 0 atom stereocenters. The summed E-state index contributed by atoms with van der Waals surface area (Å²) in [6.45, 7) is 13.3. The molecule has 0 aliphatic carbocycles. The van der Waals surface area contributed by atoms with Crippen molar-refractivity contribution < 1.29 is 13.3 Å². The molecule has 0 spiro atoms. The Morgan fingerprint density at radius 1 is 0.958 bits per heavy atom. The molecule has 0 saturated carbocycles. The van der Waals surface area contributed by atoms with Crippen molar-refractivity contribution in [2.24, 2.45) is 0 Å². The molecule has 1 rings (SSSR count). The van der Waals surface area contributed by atoms with Crippen LogP contribution in [0.15, 0.2) is 18.2 Å². The Hall–Kier alpha value is -0.493. The van der Waals surface area contributed by atoms with Gasteiger partial charge in [-0.15, -0.1) is 0 Å². The summed E-state index contributed by atoms with van der Waals surface area (Å²) in [5.74, 6) is 1.66. The van der Waals surface area contributed by atoms with Gasteiger partial charge in [0.25, 0.3) is 0 Å². The molecular weight excluding hydrogens is 336 g/mol. The van der Waals surface area contributed by atoms with Gasteiger partial charge in [0, 0.05) is 20.3 Å². The SMILES string of the molecule is CO[Si](CCCS)(OC)Oc1ccc(C(C)(C)C)cc1C(C)(C)C. The average Bonchev–Trinajstić information content (AvgIpc) is 2.49. The fourth-order valence-electron chi connectivity index (χ4n) is 2.56. The minimum absolute atomic E-state index is 0.0260. The van der Waals surface area contributed by atoms with Gasteiger partial charge in [0.2, 0.25) is 0 Å². The first-order valence-electron chi connectivity index (χ1n) is 8.54. The molecule has 24 heavy (non-hydrogen) atoms. The van der Waals surface area contributed by atoms with Crippen LogP contribution in [0, 0.1) is 0 Å². The topological polar surface area (TPSA) is 27.7 Å². The van der Waals surface area contributed by atoms with Crippen molar-refractivity contribution in [3.05, 3.63) is 29.3 Å². The molecule has 0 aromatic heterocycles. The van der Waals surface area contributed by atoms with Crippen LogP contribution < -0.4 is 4.43 Å². The highest BCUT2D eigenvalue weighted by molar-refractivity contribution is 7.80. The number of hydrogen-bond donors (Lipinski definition) is 1. The Bertz CT molecular complexity index is 528. The number of benzene rings is 1. The van der Waals surface area contributed by atoms with E-state index in [4.69, 9.17) is 13.3 Å². The van der Waals surface area contributed by atoms with E-state index in [9.17, 15) is 0 Å². The zero-order chi connectivity index (χ0) is 18.6. The zero-order valence-corrected chi connectivity index (χ0v) is 18.4. The van der Waals surface area contributed by atoms with E-state index in [1.807, 2.05) is 0 Å². The molecule has 0 aliphatic rings. The summed E-state index contributed by atoms with van der Waals surface area (Å²) in [6, 6.07) is 7.24. The summed E-state index contributed by atoms with van der Waals surface area (Å²) in [4.78, 5) is 0. The zero-order valence-electron chi connectivity index (χ0n) is 16.5. The molecule has 0 N–H and O–H groups in total. The van der Waals surface area contributed by atoms with Gasteiger partial charge < -0.3 is 13.3 Å². The van der Waals surface area contributed by atoms with E-state index in [0.29, 0.717) is 0 Å². The van der Waals surface area contributed by atoms with Gasteiger partial charge in [-0.05, 0) is 40.2 Å². The molecule has 5 heteroatoms. The van der Waals surface area contributed by atoms with Crippen LogP contribution in [0.25, 0.3) is 0 Å². The Kier molecular flexibility index (Phi) is 7.41. The summed E-state index contributed by atoms with van der Waals surface area (Å²) in [7, 11) is 0.623.